The summed E-state index contributed by atoms with van der Waals surface area (Å²) in [5, 5.41) is 0.660. The Hall–Kier alpha value is -3.26. The number of hydrazine groups is 1. The van der Waals surface area contributed by atoms with Crippen molar-refractivity contribution in [3.05, 3.63) is 72.6 Å². The summed E-state index contributed by atoms with van der Waals surface area (Å²) in [6.07, 6.45) is 3.48. The second-order valence-corrected chi connectivity index (χ2v) is 6.38. The standard InChI is InChI=1S/C19H18N4O3S/c1-26-16-9-5-8-15(12-16)23-11-10-20-19(23)27-13-17(24)21-22-18(25)14-6-3-2-4-7-14/h2-12H,13H2,1H3,(H,21,24)(H,22,25). The zero-order chi connectivity index (χ0) is 19.1. The van der Waals surface area contributed by atoms with Gasteiger partial charge in [-0.15, -0.1) is 0 Å². The molecule has 0 fully saturated rings. The van der Waals surface area contributed by atoms with Crippen LogP contribution in [-0.4, -0.2) is 34.2 Å². The van der Waals surface area contributed by atoms with E-state index in [1.807, 2.05) is 41.1 Å². The number of hydrogen-bond donors (Lipinski definition) is 2. The van der Waals surface area contributed by atoms with Crippen molar-refractivity contribution in [1.29, 1.82) is 0 Å². The van der Waals surface area contributed by atoms with Gasteiger partial charge in [0.25, 0.3) is 5.91 Å². The number of methoxy groups -OCH3 is 1. The number of carbonyl (C=O) groups excluding carboxylic acids is 2. The van der Waals surface area contributed by atoms with Crippen LogP contribution in [0.2, 0.25) is 0 Å². The van der Waals surface area contributed by atoms with E-state index in [4.69, 9.17) is 4.74 Å². The number of imidazole rings is 1. The fraction of sp³-hybridized carbons (Fsp3) is 0.105. The van der Waals surface area contributed by atoms with Crippen LogP contribution in [0.4, 0.5) is 0 Å². The Morgan fingerprint density at radius 3 is 2.70 bits per heavy atom. The van der Waals surface area contributed by atoms with Crippen molar-refractivity contribution in [2.75, 3.05) is 12.9 Å². The predicted molar refractivity (Wildman–Crippen MR) is 103 cm³/mol. The highest BCUT2D eigenvalue weighted by molar-refractivity contribution is 7.99. The van der Waals surface area contributed by atoms with E-state index in [1.54, 1.807) is 37.6 Å². The van der Waals surface area contributed by atoms with E-state index in [2.05, 4.69) is 15.8 Å². The number of rotatable bonds is 6. The molecule has 0 atom stereocenters. The molecule has 0 aliphatic rings. The Bertz CT molecular complexity index is 927. The molecule has 2 aromatic carbocycles. The molecule has 3 aromatic rings. The lowest BCUT2D eigenvalue weighted by Crippen LogP contribution is -2.42. The zero-order valence-corrected chi connectivity index (χ0v) is 15.4. The molecule has 0 saturated carbocycles. The third kappa shape index (κ3) is 4.89. The number of ether oxygens (including phenoxy) is 1. The first kappa shape index (κ1) is 18.5. The molecule has 0 unspecified atom stereocenters. The summed E-state index contributed by atoms with van der Waals surface area (Å²) in [4.78, 5) is 28.2. The minimum Gasteiger partial charge on any atom is -0.497 e. The summed E-state index contributed by atoms with van der Waals surface area (Å²) in [6, 6.07) is 16.2. The number of carbonyl (C=O) groups is 2. The summed E-state index contributed by atoms with van der Waals surface area (Å²) in [5.74, 6) is 0.144. The highest BCUT2D eigenvalue weighted by Gasteiger charge is 2.11. The molecule has 138 valence electrons. The molecule has 1 aromatic heterocycles. The van der Waals surface area contributed by atoms with Gasteiger partial charge in [-0.05, 0) is 24.3 Å². The number of aromatic nitrogens is 2. The Morgan fingerprint density at radius 2 is 1.93 bits per heavy atom. The largest absolute Gasteiger partial charge is 0.497 e. The highest BCUT2D eigenvalue weighted by atomic mass is 32.2. The first-order valence-corrected chi connectivity index (χ1v) is 9.11. The number of amides is 2. The van der Waals surface area contributed by atoms with Gasteiger partial charge >= 0.3 is 0 Å². The van der Waals surface area contributed by atoms with E-state index >= 15 is 0 Å². The van der Waals surface area contributed by atoms with Crippen LogP contribution in [-0.2, 0) is 4.79 Å². The van der Waals surface area contributed by atoms with Gasteiger partial charge in [-0.3, -0.25) is 25.0 Å². The maximum atomic E-state index is 12.0. The number of benzene rings is 2. The summed E-state index contributed by atoms with van der Waals surface area (Å²) in [7, 11) is 1.61. The fourth-order valence-corrected chi connectivity index (χ4v) is 3.08. The minimum absolute atomic E-state index is 0.107. The first-order valence-electron chi connectivity index (χ1n) is 8.12. The number of nitrogens with one attached hydrogen (secondary N) is 2. The second-order valence-electron chi connectivity index (χ2n) is 5.44. The molecule has 3 rings (SSSR count). The average molecular weight is 382 g/mol. The SMILES string of the molecule is COc1cccc(-n2ccnc2SCC(=O)NNC(=O)c2ccccc2)c1. The van der Waals surface area contributed by atoms with Crippen LogP contribution in [0, 0.1) is 0 Å². The maximum absolute atomic E-state index is 12.0. The van der Waals surface area contributed by atoms with Gasteiger partial charge in [-0.2, -0.15) is 0 Å². The summed E-state index contributed by atoms with van der Waals surface area (Å²) in [5.41, 5.74) is 6.15. The molecule has 0 bridgehead atoms. The summed E-state index contributed by atoms with van der Waals surface area (Å²) in [6.45, 7) is 0. The van der Waals surface area contributed by atoms with E-state index in [9.17, 15) is 9.59 Å². The van der Waals surface area contributed by atoms with Crippen molar-refractivity contribution in [2.45, 2.75) is 5.16 Å². The molecule has 1 heterocycles. The van der Waals surface area contributed by atoms with Gasteiger partial charge in [0.2, 0.25) is 5.91 Å². The summed E-state index contributed by atoms with van der Waals surface area (Å²) < 4.78 is 7.10. The lowest BCUT2D eigenvalue weighted by atomic mass is 10.2. The Balaban J connectivity index is 1.55. The van der Waals surface area contributed by atoms with Crippen LogP contribution in [0.5, 0.6) is 5.75 Å². The third-order valence-electron chi connectivity index (χ3n) is 3.62. The molecular formula is C19H18N4O3S. The van der Waals surface area contributed by atoms with Gasteiger partial charge in [-0.1, -0.05) is 36.0 Å². The molecule has 8 heteroatoms. The molecular weight excluding hydrogens is 364 g/mol. The molecule has 0 spiro atoms. The number of nitrogens with zero attached hydrogens (tertiary/aromatic N) is 2. The van der Waals surface area contributed by atoms with Crippen molar-refractivity contribution < 1.29 is 14.3 Å². The van der Waals surface area contributed by atoms with Crippen molar-refractivity contribution in [1.82, 2.24) is 20.4 Å². The minimum atomic E-state index is -0.369. The third-order valence-corrected chi connectivity index (χ3v) is 4.59. The summed E-state index contributed by atoms with van der Waals surface area (Å²) >= 11 is 1.27. The van der Waals surface area contributed by atoms with Gasteiger partial charge in [0.05, 0.1) is 18.6 Å². The van der Waals surface area contributed by atoms with E-state index in [0.29, 0.717) is 10.7 Å². The Labute approximate surface area is 160 Å². The monoisotopic (exact) mass is 382 g/mol. The van der Waals surface area contributed by atoms with Crippen LogP contribution in [0.15, 0.2) is 72.1 Å². The van der Waals surface area contributed by atoms with Crippen molar-refractivity contribution >= 4 is 23.6 Å². The van der Waals surface area contributed by atoms with Gasteiger partial charge in [0.15, 0.2) is 5.16 Å². The molecule has 7 nitrogen and oxygen atoms in total. The molecule has 27 heavy (non-hydrogen) atoms. The van der Waals surface area contributed by atoms with E-state index < -0.39 is 0 Å². The molecule has 2 N–H and O–H groups in total. The first-order chi connectivity index (χ1) is 13.2. The lowest BCUT2D eigenvalue weighted by molar-refractivity contribution is -0.119. The molecule has 0 saturated heterocycles. The van der Waals surface area contributed by atoms with Gasteiger partial charge in [-0.25, -0.2) is 4.98 Å². The smallest absolute Gasteiger partial charge is 0.269 e. The number of thioether (sulfide) groups is 1. The van der Waals surface area contributed by atoms with E-state index in [-0.39, 0.29) is 17.6 Å². The van der Waals surface area contributed by atoms with Gasteiger partial charge in [0.1, 0.15) is 5.75 Å². The average Bonchev–Trinajstić information content (AvgIpc) is 3.20. The predicted octanol–water partition coefficient (Wildman–Crippen LogP) is 2.43. The Kier molecular flexibility index (Phi) is 6.11. The highest BCUT2D eigenvalue weighted by Crippen LogP contribution is 2.22. The van der Waals surface area contributed by atoms with Crippen LogP contribution in [0.25, 0.3) is 5.69 Å². The molecule has 0 radical (unpaired) electrons. The van der Waals surface area contributed by atoms with Crippen molar-refractivity contribution in [2.24, 2.45) is 0 Å². The molecule has 0 aliphatic heterocycles. The van der Waals surface area contributed by atoms with Crippen molar-refractivity contribution in [3.63, 3.8) is 0 Å². The quantitative estimate of drug-likeness (QED) is 0.505. The topological polar surface area (TPSA) is 85.2 Å². The van der Waals surface area contributed by atoms with Gasteiger partial charge < -0.3 is 4.74 Å². The lowest BCUT2D eigenvalue weighted by Gasteiger charge is -2.10. The normalized spacial score (nSPS) is 10.3. The number of hydrogen-bond acceptors (Lipinski definition) is 5. The second kappa shape index (κ2) is 8.91. The van der Waals surface area contributed by atoms with Crippen LogP contribution in [0.3, 0.4) is 0 Å². The molecule has 2 amide bonds. The van der Waals surface area contributed by atoms with Gasteiger partial charge in [0, 0.05) is 24.0 Å². The fourth-order valence-electron chi connectivity index (χ4n) is 2.31. The Morgan fingerprint density at radius 1 is 1.11 bits per heavy atom. The van der Waals surface area contributed by atoms with Crippen LogP contribution in [0.1, 0.15) is 10.4 Å². The van der Waals surface area contributed by atoms with Crippen LogP contribution >= 0.6 is 11.8 Å². The molecule has 0 aliphatic carbocycles. The van der Waals surface area contributed by atoms with E-state index in [0.717, 1.165) is 11.4 Å². The maximum Gasteiger partial charge on any atom is 0.269 e. The zero-order valence-electron chi connectivity index (χ0n) is 14.6. The van der Waals surface area contributed by atoms with Crippen molar-refractivity contribution in [3.8, 4) is 11.4 Å². The van der Waals surface area contributed by atoms with E-state index in [1.165, 1.54) is 11.8 Å². The van der Waals surface area contributed by atoms with Crippen LogP contribution < -0.4 is 15.6 Å².